The van der Waals surface area contributed by atoms with E-state index in [0.717, 1.165) is 31.7 Å². The molecule has 0 saturated heterocycles. The molecular weight excluding hydrogens is 266 g/mol. The number of hydrogen-bond donors (Lipinski definition) is 2. The molecule has 1 aromatic carbocycles. The van der Waals surface area contributed by atoms with Crippen molar-refractivity contribution in [2.75, 3.05) is 20.3 Å². The molecule has 0 aromatic heterocycles. The minimum atomic E-state index is -0.177. The van der Waals surface area contributed by atoms with Crippen LogP contribution in [0.15, 0.2) is 24.3 Å². The molecule has 5 nitrogen and oxygen atoms in total. The highest BCUT2D eigenvalue weighted by Gasteiger charge is 2.12. The Morgan fingerprint density at radius 1 is 1.33 bits per heavy atom. The van der Waals surface area contributed by atoms with Crippen molar-refractivity contribution in [3.63, 3.8) is 0 Å². The standard InChI is InChI=1S/C16H27N3O2/c1-4-13(2)19(9-10-21-3)12-15-7-5-14(6-8-15)11-16(20)18-17/h5-8,13H,4,9-12,17H2,1-3H3,(H,18,20). The van der Waals surface area contributed by atoms with Crippen LogP contribution in [0.1, 0.15) is 31.4 Å². The second-order valence-corrected chi connectivity index (χ2v) is 5.28. The highest BCUT2D eigenvalue weighted by atomic mass is 16.5. The van der Waals surface area contributed by atoms with Crippen LogP contribution in [0.4, 0.5) is 0 Å². The van der Waals surface area contributed by atoms with Gasteiger partial charge in [0.25, 0.3) is 0 Å². The van der Waals surface area contributed by atoms with Gasteiger partial charge in [-0.1, -0.05) is 31.2 Å². The van der Waals surface area contributed by atoms with Crippen LogP contribution < -0.4 is 11.3 Å². The summed E-state index contributed by atoms with van der Waals surface area (Å²) >= 11 is 0. The number of nitrogens with two attached hydrogens (primary N) is 1. The summed E-state index contributed by atoms with van der Waals surface area (Å²) < 4.78 is 5.18. The SMILES string of the molecule is CCC(C)N(CCOC)Cc1ccc(CC(=O)NN)cc1. The van der Waals surface area contributed by atoms with Crippen LogP contribution in [0, 0.1) is 0 Å². The maximum absolute atomic E-state index is 11.2. The van der Waals surface area contributed by atoms with Crippen LogP contribution in [-0.2, 0) is 22.5 Å². The molecule has 0 radical (unpaired) electrons. The lowest BCUT2D eigenvalue weighted by molar-refractivity contribution is -0.120. The second kappa shape index (κ2) is 9.50. The normalized spacial score (nSPS) is 12.4. The van der Waals surface area contributed by atoms with Gasteiger partial charge in [0.05, 0.1) is 13.0 Å². The highest BCUT2D eigenvalue weighted by molar-refractivity contribution is 5.77. The Hall–Kier alpha value is -1.43. The topological polar surface area (TPSA) is 67.6 Å². The molecule has 5 heteroatoms. The first-order valence-corrected chi connectivity index (χ1v) is 7.41. The van der Waals surface area contributed by atoms with E-state index in [0.29, 0.717) is 12.5 Å². The Kier molecular flexibility index (Phi) is 7.97. The number of hydrogen-bond acceptors (Lipinski definition) is 4. The Bertz CT molecular complexity index is 420. The number of nitrogens with zero attached hydrogens (tertiary/aromatic N) is 1. The number of rotatable bonds is 9. The molecule has 0 bridgehead atoms. The molecule has 1 atom stereocenters. The lowest BCUT2D eigenvalue weighted by Crippen LogP contribution is -2.34. The maximum atomic E-state index is 11.2. The van der Waals surface area contributed by atoms with E-state index in [2.05, 4.69) is 36.3 Å². The molecule has 0 aliphatic heterocycles. The van der Waals surface area contributed by atoms with Crippen molar-refractivity contribution < 1.29 is 9.53 Å². The number of amides is 1. The summed E-state index contributed by atoms with van der Waals surface area (Å²) in [6.45, 7) is 6.97. The van der Waals surface area contributed by atoms with Crippen LogP contribution in [0.2, 0.25) is 0 Å². The summed E-state index contributed by atoms with van der Waals surface area (Å²) in [4.78, 5) is 13.6. The number of benzene rings is 1. The fourth-order valence-corrected chi connectivity index (χ4v) is 2.16. The van der Waals surface area contributed by atoms with Crippen molar-refractivity contribution in [2.24, 2.45) is 5.84 Å². The molecule has 1 amide bonds. The summed E-state index contributed by atoms with van der Waals surface area (Å²) in [7, 11) is 1.73. The van der Waals surface area contributed by atoms with Crippen molar-refractivity contribution in [3.8, 4) is 0 Å². The first-order valence-electron chi connectivity index (χ1n) is 7.41. The minimum absolute atomic E-state index is 0.177. The van der Waals surface area contributed by atoms with Gasteiger partial charge >= 0.3 is 0 Å². The van der Waals surface area contributed by atoms with Crippen LogP contribution in [-0.4, -0.2) is 37.1 Å². The molecule has 118 valence electrons. The van der Waals surface area contributed by atoms with Crippen molar-refractivity contribution >= 4 is 5.91 Å². The molecule has 21 heavy (non-hydrogen) atoms. The molecule has 0 spiro atoms. The van der Waals surface area contributed by atoms with Gasteiger partial charge in [0.1, 0.15) is 0 Å². The van der Waals surface area contributed by atoms with Crippen LogP contribution in [0.5, 0.6) is 0 Å². The van der Waals surface area contributed by atoms with Gasteiger partial charge in [-0.3, -0.25) is 15.1 Å². The lowest BCUT2D eigenvalue weighted by Gasteiger charge is -2.28. The molecule has 1 unspecified atom stereocenters. The first kappa shape index (κ1) is 17.6. The fourth-order valence-electron chi connectivity index (χ4n) is 2.16. The summed E-state index contributed by atoms with van der Waals surface area (Å²) in [5, 5.41) is 0. The molecule has 0 saturated carbocycles. The van der Waals surface area contributed by atoms with Crippen LogP contribution >= 0.6 is 0 Å². The zero-order chi connectivity index (χ0) is 15.7. The molecule has 0 heterocycles. The van der Waals surface area contributed by atoms with E-state index in [-0.39, 0.29) is 5.91 Å². The van der Waals surface area contributed by atoms with Gasteiger partial charge in [-0.25, -0.2) is 5.84 Å². The van der Waals surface area contributed by atoms with Gasteiger partial charge in [-0.05, 0) is 24.5 Å². The summed E-state index contributed by atoms with van der Waals surface area (Å²) in [6, 6.07) is 8.62. The first-order chi connectivity index (χ1) is 10.1. The molecule has 3 N–H and O–H groups in total. The van der Waals surface area contributed by atoms with Gasteiger partial charge in [0, 0.05) is 26.2 Å². The zero-order valence-electron chi connectivity index (χ0n) is 13.3. The number of nitrogens with one attached hydrogen (secondary N) is 1. The van der Waals surface area contributed by atoms with Gasteiger partial charge in [-0.15, -0.1) is 0 Å². The van der Waals surface area contributed by atoms with E-state index in [9.17, 15) is 4.79 Å². The predicted octanol–water partition coefficient (Wildman–Crippen LogP) is 1.47. The zero-order valence-corrected chi connectivity index (χ0v) is 13.3. The number of carbonyl (C=O) groups excluding carboxylic acids is 1. The van der Waals surface area contributed by atoms with E-state index in [4.69, 9.17) is 10.6 Å². The van der Waals surface area contributed by atoms with E-state index >= 15 is 0 Å². The van der Waals surface area contributed by atoms with E-state index in [1.165, 1.54) is 5.56 Å². The smallest absolute Gasteiger partial charge is 0.238 e. The number of ether oxygens (including phenoxy) is 1. The van der Waals surface area contributed by atoms with E-state index < -0.39 is 0 Å². The average Bonchev–Trinajstić information content (AvgIpc) is 2.52. The third kappa shape index (κ3) is 6.25. The molecular formula is C16H27N3O2. The molecule has 0 fully saturated rings. The van der Waals surface area contributed by atoms with Gasteiger partial charge in [0.2, 0.25) is 5.91 Å². The monoisotopic (exact) mass is 293 g/mol. The lowest BCUT2D eigenvalue weighted by atomic mass is 10.1. The average molecular weight is 293 g/mol. The summed E-state index contributed by atoms with van der Waals surface area (Å²) in [5.41, 5.74) is 4.35. The predicted molar refractivity (Wildman–Crippen MR) is 84.5 cm³/mol. The van der Waals surface area contributed by atoms with Crippen molar-refractivity contribution in [1.29, 1.82) is 0 Å². The van der Waals surface area contributed by atoms with Crippen molar-refractivity contribution in [1.82, 2.24) is 10.3 Å². The quantitative estimate of drug-likeness (QED) is 0.411. The molecule has 0 aliphatic rings. The molecule has 0 aliphatic carbocycles. The van der Waals surface area contributed by atoms with Crippen LogP contribution in [0.25, 0.3) is 0 Å². The number of carbonyl (C=O) groups is 1. The maximum Gasteiger partial charge on any atom is 0.238 e. The van der Waals surface area contributed by atoms with Crippen molar-refractivity contribution in [2.45, 2.75) is 39.3 Å². The van der Waals surface area contributed by atoms with Crippen LogP contribution in [0.3, 0.4) is 0 Å². The Morgan fingerprint density at radius 3 is 2.48 bits per heavy atom. The third-order valence-electron chi connectivity index (χ3n) is 3.73. The van der Waals surface area contributed by atoms with Gasteiger partial charge in [0.15, 0.2) is 0 Å². The fraction of sp³-hybridized carbons (Fsp3) is 0.562. The summed E-state index contributed by atoms with van der Waals surface area (Å²) in [6.07, 6.45) is 1.42. The number of methoxy groups -OCH3 is 1. The third-order valence-corrected chi connectivity index (χ3v) is 3.73. The largest absolute Gasteiger partial charge is 0.383 e. The Morgan fingerprint density at radius 2 is 1.95 bits per heavy atom. The van der Waals surface area contributed by atoms with E-state index in [1.54, 1.807) is 7.11 Å². The second-order valence-electron chi connectivity index (χ2n) is 5.28. The van der Waals surface area contributed by atoms with E-state index in [1.807, 2.05) is 12.1 Å². The van der Waals surface area contributed by atoms with Crippen molar-refractivity contribution in [3.05, 3.63) is 35.4 Å². The molecule has 1 rings (SSSR count). The highest BCUT2D eigenvalue weighted by Crippen LogP contribution is 2.12. The van der Waals surface area contributed by atoms with Gasteiger partial charge < -0.3 is 4.74 Å². The molecule has 1 aromatic rings. The Labute approximate surface area is 127 Å². The summed E-state index contributed by atoms with van der Waals surface area (Å²) in [5.74, 6) is 4.92. The minimum Gasteiger partial charge on any atom is -0.383 e. The van der Waals surface area contributed by atoms with Gasteiger partial charge in [-0.2, -0.15) is 0 Å². The number of hydrazine groups is 1. The Balaban J connectivity index is 2.64.